The summed E-state index contributed by atoms with van der Waals surface area (Å²) in [5, 5.41) is 3.12. The highest BCUT2D eigenvalue weighted by Gasteiger charge is 1.98. The largest absolute Gasteiger partial charge is 0.443 e. The third-order valence-electron chi connectivity index (χ3n) is 1.60. The van der Waals surface area contributed by atoms with Crippen LogP contribution in [-0.2, 0) is 0 Å². The van der Waals surface area contributed by atoms with Gasteiger partial charge in [0.1, 0.15) is 5.52 Å². The first kappa shape index (κ1) is 7.61. The number of benzene rings is 1. The molecular weight excluding hydrogens is 220 g/mol. The number of oxazole rings is 1. The van der Waals surface area contributed by atoms with Crippen LogP contribution in [0.1, 0.15) is 0 Å². The molecule has 0 radical (unpaired) electrons. The SMILES string of the molecule is BrCNc1ccc2ncoc2c1. The summed E-state index contributed by atoms with van der Waals surface area (Å²) in [6.45, 7) is 0. The van der Waals surface area contributed by atoms with Gasteiger partial charge in [-0.05, 0) is 12.1 Å². The molecular formula is C8H7BrN2O. The number of nitrogens with one attached hydrogen (secondary N) is 1. The molecule has 0 aliphatic heterocycles. The zero-order valence-corrected chi connectivity index (χ0v) is 7.84. The summed E-state index contributed by atoms with van der Waals surface area (Å²) < 4.78 is 5.14. The molecule has 0 unspecified atom stereocenters. The van der Waals surface area contributed by atoms with Crippen LogP contribution in [0, 0.1) is 0 Å². The van der Waals surface area contributed by atoms with Crippen molar-refractivity contribution < 1.29 is 4.42 Å². The van der Waals surface area contributed by atoms with Gasteiger partial charge < -0.3 is 9.73 Å². The fraction of sp³-hybridized carbons (Fsp3) is 0.125. The van der Waals surface area contributed by atoms with Crippen molar-refractivity contribution >= 4 is 32.7 Å². The van der Waals surface area contributed by atoms with Crippen molar-refractivity contribution in [3.05, 3.63) is 24.6 Å². The van der Waals surface area contributed by atoms with Crippen molar-refractivity contribution in [2.45, 2.75) is 0 Å². The van der Waals surface area contributed by atoms with Crippen molar-refractivity contribution in [2.24, 2.45) is 0 Å². The number of alkyl halides is 1. The Morgan fingerprint density at radius 3 is 3.25 bits per heavy atom. The summed E-state index contributed by atoms with van der Waals surface area (Å²) in [6.07, 6.45) is 1.45. The number of anilines is 1. The molecule has 0 fully saturated rings. The molecule has 0 bridgehead atoms. The Morgan fingerprint density at radius 2 is 2.42 bits per heavy atom. The molecule has 4 heteroatoms. The van der Waals surface area contributed by atoms with Gasteiger partial charge in [0.2, 0.25) is 0 Å². The smallest absolute Gasteiger partial charge is 0.181 e. The van der Waals surface area contributed by atoms with Gasteiger partial charge in [-0.2, -0.15) is 0 Å². The minimum Gasteiger partial charge on any atom is -0.443 e. The van der Waals surface area contributed by atoms with E-state index in [2.05, 4.69) is 26.2 Å². The van der Waals surface area contributed by atoms with E-state index in [1.54, 1.807) is 0 Å². The number of aromatic nitrogens is 1. The number of hydrogen-bond acceptors (Lipinski definition) is 3. The van der Waals surface area contributed by atoms with Gasteiger partial charge in [-0.1, -0.05) is 15.9 Å². The van der Waals surface area contributed by atoms with Crippen LogP contribution in [0.4, 0.5) is 5.69 Å². The van der Waals surface area contributed by atoms with E-state index in [4.69, 9.17) is 4.42 Å². The average molecular weight is 227 g/mol. The van der Waals surface area contributed by atoms with Gasteiger partial charge in [0.25, 0.3) is 0 Å². The van der Waals surface area contributed by atoms with E-state index in [-0.39, 0.29) is 0 Å². The molecule has 0 saturated heterocycles. The second-order valence-electron chi connectivity index (χ2n) is 2.35. The predicted molar refractivity (Wildman–Crippen MR) is 51.4 cm³/mol. The zero-order chi connectivity index (χ0) is 8.39. The van der Waals surface area contributed by atoms with Crippen LogP contribution >= 0.6 is 15.9 Å². The van der Waals surface area contributed by atoms with E-state index >= 15 is 0 Å². The summed E-state index contributed by atoms with van der Waals surface area (Å²) in [5.41, 5.74) is 3.44. The third kappa shape index (κ3) is 1.30. The summed E-state index contributed by atoms with van der Waals surface area (Å²) in [7, 11) is 0. The summed E-state index contributed by atoms with van der Waals surface area (Å²) in [5.74, 6) is 0. The monoisotopic (exact) mass is 226 g/mol. The van der Waals surface area contributed by atoms with Gasteiger partial charge >= 0.3 is 0 Å². The van der Waals surface area contributed by atoms with Crippen LogP contribution in [0.25, 0.3) is 11.1 Å². The molecule has 1 aromatic heterocycles. The molecule has 1 heterocycles. The predicted octanol–water partition coefficient (Wildman–Crippen LogP) is 2.59. The van der Waals surface area contributed by atoms with Crippen molar-refractivity contribution in [1.82, 2.24) is 4.98 Å². The van der Waals surface area contributed by atoms with E-state index in [0.717, 1.165) is 22.2 Å². The van der Waals surface area contributed by atoms with Gasteiger partial charge in [0.15, 0.2) is 12.0 Å². The molecule has 3 nitrogen and oxygen atoms in total. The van der Waals surface area contributed by atoms with E-state index in [1.165, 1.54) is 6.39 Å². The quantitative estimate of drug-likeness (QED) is 0.632. The Morgan fingerprint density at radius 1 is 1.50 bits per heavy atom. The maximum atomic E-state index is 5.14. The first-order chi connectivity index (χ1) is 5.90. The average Bonchev–Trinajstić information content (AvgIpc) is 2.51. The molecule has 12 heavy (non-hydrogen) atoms. The maximum absolute atomic E-state index is 5.14. The number of fused-ring (bicyclic) bond motifs is 1. The molecule has 0 aliphatic carbocycles. The van der Waals surface area contributed by atoms with Crippen molar-refractivity contribution in [3.63, 3.8) is 0 Å². The minimum atomic E-state index is 0.729. The van der Waals surface area contributed by atoms with Crippen LogP contribution in [0.15, 0.2) is 29.0 Å². The molecule has 1 aromatic carbocycles. The first-order valence-corrected chi connectivity index (χ1v) is 4.65. The summed E-state index contributed by atoms with van der Waals surface area (Å²) >= 11 is 3.28. The molecule has 2 aromatic rings. The van der Waals surface area contributed by atoms with Crippen molar-refractivity contribution in [3.8, 4) is 0 Å². The first-order valence-electron chi connectivity index (χ1n) is 3.53. The molecule has 0 saturated carbocycles. The Balaban J connectivity index is 2.46. The van der Waals surface area contributed by atoms with Gasteiger partial charge in [0, 0.05) is 11.8 Å². The lowest BCUT2D eigenvalue weighted by Crippen LogP contribution is -1.92. The Labute approximate surface area is 77.9 Å². The van der Waals surface area contributed by atoms with Gasteiger partial charge in [-0.3, -0.25) is 0 Å². The molecule has 0 aliphatic rings. The van der Waals surface area contributed by atoms with Crippen molar-refractivity contribution in [2.75, 3.05) is 10.8 Å². The Bertz CT molecular complexity index is 385. The standard InChI is InChI=1S/C8H7BrN2O/c9-4-10-6-1-2-7-8(3-6)12-5-11-7/h1-3,5,10H,4H2. The van der Waals surface area contributed by atoms with Crippen LogP contribution in [0.2, 0.25) is 0 Å². The molecule has 62 valence electrons. The van der Waals surface area contributed by atoms with Crippen LogP contribution in [0.5, 0.6) is 0 Å². The lowest BCUT2D eigenvalue weighted by molar-refractivity contribution is 0.602. The van der Waals surface area contributed by atoms with Gasteiger partial charge in [0.05, 0.1) is 5.45 Å². The molecule has 2 rings (SSSR count). The summed E-state index contributed by atoms with van der Waals surface area (Å²) in [6, 6.07) is 5.81. The molecule has 0 amide bonds. The second kappa shape index (κ2) is 3.15. The van der Waals surface area contributed by atoms with E-state index in [1.807, 2.05) is 18.2 Å². The molecule has 0 atom stereocenters. The lowest BCUT2D eigenvalue weighted by atomic mass is 10.3. The topological polar surface area (TPSA) is 38.1 Å². The molecule has 0 spiro atoms. The highest BCUT2D eigenvalue weighted by molar-refractivity contribution is 9.09. The fourth-order valence-corrected chi connectivity index (χ4v) is 1.37. The normalized spacial score (nSPS) is 10.4. The highest BCUT2D eigenvalue weighted by Crippen LogP contribution is 2.17. The lowest BCUT2D eigenvalue weighted by Gasteiger charge is -1.99. The number of nitrogens with zero attached hydrogens (tertiary/aromatic N) is 1. The highest BCUT2D eigenvalue weighted by atomic mass is 79.9. The maximum Gasteiger partial charge on any atom is 0.181 e. The van der Waals surface area contributed by atoms with Crippen LogP contribution in [-0.4, -0.2) is 10.4 Å². The van der Waals surface area contributed by atoms with E-state index in [9.17, 15) is 0 Å². The summed E-state index contributed by atoms with van der Waals surface area (Å²) in [4.78, 5) is 4.01. The van der Waals surface area contributed by atoms with E-state index in [0.29, 0.717) is 0 Å². The number of hydrogen-bond donors (Lipinski definition) is 1. The number of rotatable bonds is 2. The van der Waals surface area contributed by atoms with Crippen molar-refractivity contribution in [1.29, 1.82) is 0 Å². The second-order valence-corrected chi connectivity index (χ2v) is 2.91. The minimum absolute atomic E-state index is 0.729. The van der Waals surface area contributed by atoms with E-state index < -0.39 is 0 Å². The van der Waals surface area contributed by atoms with Crippen LogP contribution in [0.3, 0.4) is 0 Å². The molecule has 1 N–H and O–H groups in total. The zero-order valence-electron chi connectivity index (χ0n) is 6.25. The number of halogens is 1. The van der Waals surface area contributed by atoms with Crippen LogP contribution < -0.4 is 5.32 Å². The fourth-order valence-electron chi connectivity index (χ4n) is 1.04. The Hall–Kier alpha value is -1.03. The Kier molecular flexibility index (Phi) is 1.99. The third-order valence-corrected chi connectivity index (χ3v) is 1.88. The van der Waals surface area contributed by atoms with Gasteiger partial charge in [-0.25, -0.2) is 4.98 Å². The van der Waals surface area contributed by atoms with Gasteiger partial charge in [-0.15, -0.1) is 0 Å².